The molecule has 0 aliphatic heterocycles. The summed E-state index contributed by atoms with van der Waals surface area (Å²) in [5, 5.41) is 3.30. The summed E-state index contributed by atoms with van der Waals surface area (Å²) in [6.07, 6.45) is 0. The van der Waals surface area contributed by atoms with Gasteiger partial charge < -0.3 is 10.1 Å². The molecule has 0 bridgehead atoms. The van der Waals surface area contributed by atoms with Crippen molar-refractivity contribution in [3.63, 3.8) is 0 Å². The summed E-state index contributed by atoms with van der Waals surface area (Å²) < 4.78 is 19.3. The SMILES string of the molecule is CCOc1cccc(CNc2ccc(F)cc2I)c1. The fourth-order valence-corrected chi connectivity index (χ4v) is 2.41. The third kappa shape index (κ3) is 4.09. The quantitative estimate of drug-likeness (QED) is 0.785. The Hall–Kier alpha value is -1.30. The number of hydrogen-bond donors (Lipinski definition) is 1. The molecule has 4 heteroatoms. The zero-order valence-electron chi connectivity index (χ0n) is 10.6. The fraction of sp³-hybridized carbons (Fsp3) is 0.200. The van der Waals surface area contributed by atoms with E-state index in [1.165, 1.54) is 12.1 Å². The average Bonchev–Trinajstić information content (AvgIpc) is 2.38. The highest BCUT2D eigenvalue weighted by Gasteiger charge is 2.02. The number of hydrogen-bond acceptors (Lipinski definition) is 2. The molecule has 2 rings (SSSR count). The van der Waals surface area contributed by atoms with Crippen LogP contribution in [0.4, 0.5) is 10.1 Å². The van der Waals surface area contributed by atoms with Crippen LogP contribution in [0.2, 0.25) is 0 Å². The van der Waals surface area contributed by atoms with Crippen molar-refractivity contribution in [3.05, 3.63) is 57.4 Å². The van der Waals surface area contributed by atoms with Crippen molar-refractivity contribution in [1.29, 1.82) is 0 Å². The van der Waals surface area contributed by atoms with Crippen LogP contribution in [-0.4, -0.2) is 6.61 Å². The van der Waals surface area contributed by atoms with Crippen molar-refractivity contribution in [1.82, 2.24) is 0 Å². The normalized spacial score (nSPS) is 10.3. The van der Waals surface area contributed by atoms with E-state index in [-0.39, 0.29) is 5.82 Å². The number of nitrogens with one attached hydrogen (secondary N) is 1. The van der Waals surface area contributed by atoms with Crippen LogP contribution >= 0.6 is 22.6 Å². The zero-order valence-corrected chi connectivity index (χ0v) is 12.8. The Balaban J connectivity index is 2.03. The van der Waals surface area contributed by atoms with Crippen molar-refractivity contribution in [2.75, 3.05) is 11.9 Å². The van der Waals surface area contributed by atoms with Crippen LogP contribution in [0.3, 0.4) is 0 Å². The monoisotopic (exact) mass is 371 g/mol. The summed E-state index contributed by atoms with van der Waals surface area (Å²) in [6, 6.07) is 12.7. The van der Waals surface area contributed by atoms with Gasteiger partial charge in [-0.3, -0.25) is 0 Å². The number of ether oxygens (including phenoxy) is 1. The highest BCUT2D eigenvalue weighted by Crippen LogP contribution is 2.20. The first-order valence-electron chi connectivity index (χ1n) is 6.09. The third-order valence-corrected chi connectivity index (χ3v) is 3.52. The molecule has 0 saturated heterocycles. The largest absolute Gasteiger partial charge is 0.494 e. The van der Waals surface area contributed by atoms with Gasteiger partial charge in [0.05, 0.1) is 6.61 Å². The van der Waals surface area contributed by atoms with E-state index in [1.807, 2.05) is 31.2 Å². The minimum atomic E-state index is -0.215. The van der Waals surface area contributed by atoms with Gasteiger partial charge in [0.15, 0.2) is 0 Å². The number of halogens is 2. The van der Waals surface area contributed by atoms with Crippen LogP contribution in [0.15, 0.2) is 42.5 Å². The van der Waals surface area contributed by atoms with Gasteiger partial charge >= 0.3 is 0 Å². The third-order valence-electron chi connectivity index (χ3n) is 2.62. The molecule has 0 aliphatic rings. The molecule has 0 saturated carbocycles. The van der Waals surface area contributed by atoms with E-state index < -0.39 is 0 Å². The van der Waals surface area contributed by atoms with Crippen LogP contribution in [0.5, 0.6) is 5.75 Å². The minimum Gasteiger partial charge on any atom is -0.494 e. The van der Waals surface area contributed by atoms with E-state index in [1.54, 1.807) is 6.07 Å². The highest BCUT2D eigenvalue weighted by atomic mass is 127. The Morgan fingerprint density at radius 3 is 2.79 bits per heavy atom. The molecule has 0 radical (unpaired) electrons. The van der Waals surface area contributed by atoms with Gasteiger partial charge in [-0.15, -0.1) is 0 Å². The molecule has 2 aromatic carbocycles. The van der Waals surface area contributed by atoms with Crippen molar-refractivity contribution in [2.45, 2.75) is 13.5 Å². The van der Waals surface area contributed by atoms with Crippen LogP contribution in [0.1, 0.15) is 12.5 Å². The van der Waals surface area contributed by atoms with Gasteiger partial charge in [-0.05, 0) is 65.4 Å². The molecule has 0 aromatic heterocycles. The summed E-state index contributed by atoms with van der Waals surface area (Å²) in [7, 11) is 0. The van der Waals surface area contributed by atoms with Crippen LogP contribution in [0, 0.1) is 9.39 Å². The average molecular weight is 371 g/mol. The number of benzene rings is 2. The molecule has 0 amide bonds. The van der Waals surface area contributed by atoms with E-state index in [2.05, 4.69) is 27.9 Å². The summed E-state index contributed by atoms with van der Waals surface area (Å²) >= 11 is 2.12. The first kappa shape index (κ1) is 14.1. The topological polar surface area (TPSA) is 21.3 Å². The van der Waals surface area contributed by atoms with Crippen molar-refractivity contribution >= 4 is 28.3 Å². The second-order valence-electron chi connectivity index (χ2n) is 4.06. The molecule has 1 N–H and O–H groups in total. The van der Waals surface area contributed by atoms with Gasteiger partial charge in [0.25, 0.3) is 0 Å². The molecule has 0 unspecified atom stereocenters. The van der Waals surface area contributed by atoms with Gasteiger partial charge in [0.1, 0.15) is 11.6 Å². The molecule has 2 aromatic rings. The maximum absolute atomic E-state index is 13.0. The lowest BCUT2D eigenvalue weighted by molar-refractivity contribution is 0.340. The molecule has 100 valence electrons. The number of rotatable bonds is 5. The fourth-order valence-electron chi connectivity index (χ4n) is 1.74. The Bertz CT molecular complexity index is 560. The summed E-state index contributed by atoms with van der Waals surface area (Å²) in [5.74, 6) is 0.656. The van der Waals surface area contributed by atoms with Crippen molar-refractivity contribution in [3.8, 4) is 5.75 Å². The molecule has 0 aliphatic carbocycles. The predicted molar refractivity (Wildman–Crippen MR) is 84.1 cm³/mol. The Labute approximate surface area is 126 Å². The van der Waals surface area contributed by atoms with E-state index in [0.717, 1.165) is 20.6 Å². The van der Waals surface area contributed by atoms with Gasteiger partial charge in [0.2, 0.25) is 0 Å². The zero-order chi connectivity index (χ0) is 13.7. The second kappa shape index (κ2) is 6.75. The Kier molecular flexibility index (Phi) is 5.01. The van der Waals surface area contributed by atoms with Gasteiger partial charge in [-0.25, -0.2) is 4.39 Å². The van der Waals surface area contributed by atoms with E-state index in [9.17, 15) is 4.39 Å². The van der Waals surface area contributed by atoms with Crippen LogP contribution in [0.25, 0.3) is 0 Å². The molecule has 0 fully saturated rings. The highest BCUT2D eigenvalue weighted by molar-refractivity contribution is 14.1. The standard InChI is InChI=1S/C15H15FINO/c1-2-19-13-5-3-4-11(8-13)10-18-15-7-6-12(16)9-14(15)17/h3-9,18H,2,10H2,1H3. The van der Waals surface area contributed by atoms with Gasteiger partial charge in [0, 0.05) is 15.8 Å². The lowest BCUT2D eigenvalue weighted by Gasteiger charge is -2.10. The first-order chi connectivity index (χ1) is 9.19. The van der Waals surface area contributed by atoms with Crippen molar-refractivity contribution in [2.24, 2.45) is 0 Å². The molecular formula is C15H15FINO. The van der Waals surface area contributed by atoms with E-state index in [0.29, 0.717) is 13.2 Å². The molecule has 0 atom stereocenters. The maximum Gasteiger partial charge on any atom is 0.124 e. The first-order valence-corrected chi connectivity index (χ1v) is 7.17. The lowest BCUT2D eigenvalue weighted by atomic mass is 10.2. The molecule has 0 heterocycles. The molecule has 0 spiro atoms. The Morgan fingerprint density at radius 1 is 1.21 bits per heavy atom. The van der Waals surface area contributed by atoms with Crippen LogP contribution < -0.4 is 10.1 Å². The molecule has 2 nitrogen and oxygen atoms in total. The van der Waals surface area contributed by atoms with E-state index in [4.69, 9.17) is 4.74 Å². The Morgan fingerprint density at radius 2 is 2.05 bits per heavy atom. The predicted octanol–water partition coefficient (Wildman–Crippen LogP) is 4.44. The smallest absolute Gasteiger partial charge is 0.124 e. The second-order valence-corrected chi connectivity index (χ2v) is 5.22. The summed E-state index contributed by atoms with van der Waals surface area (Å²) in [4.78, 5) is 0. The lowest BCUT2D eigenvalue weighted by Crippen LogP contribution is -2.02. The maximum atomic E-state index is 13.0. The van der Waals surface area contributed by atoms with Crippen LogP contribution in [-0.2, 0) is 6.54 Å². The van der Waals surface area contributed by atoms with Crippen molar-refractivity contribution < 1.29 is 9.13 Å². The molecule has 19 heavy (non-hydrogen) atoms. The minimum absolute atomic E-state index is 0.215. The number of anilines is 1. The van der Waals surface area contributed by atoms with Gasteiger partial charge in [-0.1, -0.05) is 12.1 Å². The van der Waals surface area contributed by atoms with E-state index >= 15 is 0 Å². The van der Waals surface area contributed by atoms with Gasteiger partial charge in [-0.2, -0.15) is 0 Å². The molecular weight excluding hydrogens is 356 g/mol. The summed E-state index contributed by atoms with van der Waals surface area (Å²) in [6.45, 7) is 3.31. The summed E-state index contributed by atoms with van der Waals surface area (Å²) in [5.41, 5.74) is 2.06.